The van der Waals surface area contributed by atoms with Crippen molar-refractivity contribution in [3.63, 3.8) is 0 Å². The first kappa shape index (κ1) is 13.3. The van der Waals surface area contributed by atoms with Gasteiger partial charge < -0.3 is 20.7 Å². The van der Waals surface area contributed by atoms with Crippen LogP contribution in [0.4, 0.5) is 0 Å². The molecule has 0 radical (unpaired) electrons. The molecule has 3 heterocycles. The van der Waals surface area contributed by atoms with Crippen LogP contribution in [-0.4, -0.2) is 56.9 Å². The van der Waals surface area contributed by atoms with Gasteiger partial charge in [0, 0.05) is 25.7 Å². The van der Waals surface area contributed by atoms with Crippen LogP contribution in [0.5, 0.6) is 0 Å². The van der Waals surface area contributed by atoms with Gasteiger partial charge in [-0.25, -0.2) is 0 Å². The van der Waals surface area contributed by atoms with Crippen LogP contribution in [0.1, 0.15) is 25.7 Å². The van der Waals surface area contributed by atoms with Crippen LogP contribution in [0.25, 0.3) is 0 Å². The van der Waals surface area contributed by atoms with Crippen LogP contribution in [-0.2, 0) is 4.74 Å². The maximum absolute atomic E-state index is 5.59. The van der Waals surface area contributed by atoms with Crippen LogP contribution in [0, 0.1) is 5.92 Å². The Morgan fingerprint density at radius 2 is 2.18 bits per heavy atom. The third-order valence-electron chi connectivity index (χ3n) is 4.23. The van der Waals surface area contributed by atoms with E-state index in [9.17, 15) is 0 Å². The minimum Gasteiger partial charge on any atom is -0.383 e. The Morgan fingerprint density at radius 1 is 1.41 bits per heavy atom. The minimum absolute atomic E-state index is 0.481. The summed E-state index contributed by atoms with van der Waals surface area (Å²) in [6.07, 6.45) is 4.96. The molecule has 2 bridgehead atoms. The molecule has 3 aliphatic rings. The molecule has 17 heavy (non-hydrogen) atoms. The lowest BCUT2D eigenvalue weighted by molar-refractivity contribution is 0.0563. The van der Waals surface area contributed by atoms with E-state index in [1.54, 1.807) is 7.11 Å². The molecule has 0 saturated carbocycles. The van der Waals surface area contributed by atoms with Gasteiger partial charge in [0.2, 0.25) is 0 Å². The lowest BCUT2D eigenvalue weighted by Crippen LogP contribution is -2.58. The van der Waals surface area contributed by atoms with Crippen molar-refractivity contribution in [2.24, 2.45) is 11.7 Å². The van der Waals surface area contributed by atoms with Crippen molar-refractivity contribution in [1.29, 1.82) is 0 Å². The maximum atomic E-state index is 5.59. The second kappa shape index (κ2) is 6.69. The largest absolute Gasteiger partial charge is 0.383 e. The molecule has 4 nitrogen and oxygen atoms in total. The van der Waals surface area contributed by atoms with Gasteiger partial charge in [-0.05, 0) is 51.2 Å². The fourth-order valence-electron chi connectivity index (χ4n) is 3.24. The Labute approximate surface area is 105 Å². The van der Waals surface area contributed by atoms with Crippen LogP contribution in [0.2, 0.25) is 0 Å². The van der Waals surface area contributed by atoms with Crippen LogP contribution in [0.15, 0.2) is 0 Å². The highest BCUT2D eigenvalue weighted by Crippen LogP contribution is 2.27. The van der Waals surface area contributed by atoms with E-state index in [2.05, 4.69) is 10.2 Å². The van der Waals surface area contributed by atoms with Gasteiger partial charge in [-0.15, -0.1) is 0 Å². The van der Waals surface area contributed by atoms with E-state index in [0.29, 0.717) is 12.1 Å². The quantitative estimate of drug-likeness (QED) is 0.678. The molecule has 0 aliphatic carbocycles. The first-order valence-electron chi connectivity index (χ1n) is 7.01. The van der Waals surface area contributed by atoms with Gasteiger partial charge in [0.1, 0.15) is 0 Å². The SMILES string of the molecule is COCC(CCCN)NC1CN2CCC1CC2. The van der Waals surface area contributed by atoms with E-state index in [1.807, 2.05) is 0 Å². The zero-order chi connectivity index (χ0) is 12.1. The van der Waals surface area contributed by atoms with Gasteiger partial charge in [0.25, 0.3) is 0 Å². The van der Waals surface area contributed by atoms with Gasteiger partial charge in [0.15, 0.2) is 0 Å². The maximum Gasteiger partial charge on any atom is 0.0615 e. The number of ether oxygens (including phenoxy) is 1. The predicted molar refractivity (Wildman–Crippen MR) is 70.0 cm³/mol. The smallest absolute Gasteiger partial charge is 0.0615 e. The van der Waals surface area contributed by atoms with Crippen molar-refractivity contribution in [3.8, 4) is 0 Å². The molecule has 3 rings (SSSR count). The first-order chi connectivity index (χ1) is 8.33. The zero-order valence-corrected chi connectivity index (χ0v) is 11.0. The summed E-state index contributed by atoms with van der Waals surface area (Å²) >= 11 is 0. The average Bonchev–Trinajstić information content (AvgIpc) is 2.38. The summed E-state index contributed by atoms with van der Waals surface area (Å²) in [6, 6.07) is 1.16. The Kier molecular flexibility index (Phi) is 5.22. The molecule has 4 heteroatoms. The standard InChI is InChI=1S/C13H27N3O/c1-17-10-12(3-2-6-14)15-13-9-16-7-4-11(13)5-8-16/h11-13,15H,2-10,14H2,1H3. The highest BCUT2D eigenvalue weighted by atomic mass is 16.5. The Hall–Kier alpha value is -0.160. The molecular weight excluding hydrogens is 214 g/mol. The molecule has 3 saturated heterocycles. The molecule has 3 fully saturated rings. The molecule has 2 unspecified atom stereocenters. The monoisotopic (exact) mass is 241 g/mol. The molecule has 0 amide bonds. The highest BCUT2D eigenvalue weighted by Gasteiger charge is 2.34. The highest BCUT2D eigenvalue weighted by molar-refractivity contribution is 4.92. The second-order valence-corrected chi connectivity index (χ2v) is 5.49. The molecule has 100 valence electrons. The van der Waals surface area contributed by atoms with Crippen LogP contribution in [0.3, 0.4) is 0 Å². The topological polar surface area (TPSA) is 50.5 Å². The number of piperidine rings is 3. The lowest BCUT2D eigenvalue weighted by Gasteiger charge is -2.46. The van der Waals surface area contributed by atoms with Crippen LogP contribution >= 0.6 is 0 Å². The molecule has 0 spiro atoms. The van der Waals surface area contributed by atoms with E-state index in [0.717, 1.165) is 31.9 Å². The minimum atomic E-state index is 0.481. The Bertz CT molecular complexity index is 217. The van der Waals surface area contributed by atoms with E-state index < -0.39 is 0 Å². The van der Waals surface area contributed by atoms with E-state index in [-0.39, 0.29) is 0 Å². The number of methoxy groups -OCH3 is 1. The number of fused-ring (bicyclic) bond motifs is 3. The van der Waals surface area contributed by atoms with Gasteiger partial charge >= 0.3 is 0 Å². The first-order valence-corrected chi connectivity index (χ1v) is 7.01. The summed E-state index contributed by atoms with van der Waals surface area (Å²) in [5, 5.41) is 3.80. The van der Waals surface area contributed by atoms with Crippen LogP contribution < -0.4 is 11.1 Å². The van der Waals surface area contributed by atoms with E-state index in [4.69, 9.17) is 10.5 Å². The fourth-order valence-corrected chi connectivity index (χ4v) is 3.24. The van der Waals surface area contributed by atoms with Crippen molar-refractivity contribution in [1.82, 2.24) is 10.2 Å². The third kappa shape index (κ3) is 3.65. The fraction of sp³-hybridized carbons (Fsp3) is 1.00. The van der Waals surface area contributed by atoms with Gasteiger partial charge in [-0.2, -0.15) is 0 Å². The third-order valence-corrected chi connectivity index (χ3v) is 4.23. The summed E-state index contributed by atoms with van der Waals surface area (Å²) in [5.41, 5.74) is 5.59. The Balaban J connectivity index is 1.80. The zero-order valence-electron chi connectivity index (χ0n) is 11.0. The number of hydrogen-bond donors (Lipinski definition) is 2. The lowest BCUT2D eigenvalue weighted by atomic mass is 9.83. The van der Waals surface area contributed by atoms with Gasteiger partial charge in [-0.1, -0.05) is 0 Å². The van der Waals surface area contributed by atoms with E-state index in [1.165, 1.54) is 32.5 Å². The summed E-state index contributed by atoms with van der Waals surface area (Å²) in [6.45, 7) is 5.43. The number of hydrogen-bond acceptors (Lipinski definition) is 4. The summed E-state index contributed by atoms with van der Waals surface area (Å²) in [5.74, 6) is 0.886. The molecule has 3 N–H and O–H groups in total. The Morgan fingerprint density at radius 3 is 2.71 bits per heavy atom. The van der Waals surface area contributed by atoms with Crippen molar-refractivity contribution in [3.05, 3.63) is 0 Å². The molecule has 0 aromatic carbocycles. The molecular formula is C13H27N3O. The van der Waals surface area contributed by atoms with Crippen molar-refractivity contribution >= 4 is 0 Å². The van der Waals surface area contributed by atoms with Gasteiger partial charge in [0.05, 0.1) is 6.61 Å². The number of nitrogens with zero attached hydrogens (tertiary/aromatic N) is 1. The summed E-state index contributed by atoms with van der Waals surface area (Å²) in [7, 11) is 1.79. The average molecular weight is 241 g/mol. The summed E-state index contributed by atoms with van der Waals surface area (Å²) < 4.78 is 5.31. The van der Waals surface area contributed by atoms with Crippen molar-refractivity contribution in [2.45, 2.75) is 37.8 Å². The predicted octanol–water partition coefficient (Wildman–Crippen LogP) is 0.424. The van der Waals surface area contributed by atoms with Gasteiger partial charge in [-0.3, -0.25) is 0 Å². The number of nitrogens with one attached hydrogen (secondary N) is 1. The molecule has 0 aromatic heterocycles. The molecule has 3 aliphatic heterocycles. The second-order valence-electron chi connectivity index (χ2n) is 5.49. The normalized spacial score (nSPS) is 33.9. The van der Waals surface area contributed by atoms with E-state index >= 15 is 0 Å². The molecule has 0 aromatic rings. The molecule has 2 atom stereocenters. The van der Waals surface area contributed by atoms with Crippen molar-refractivity contribution in [2.75, 3.05) is 39.9 Å². The number of rotatable bonds is 7. The van der Waals surface area contributed by atoms with Crippen molar-refractivity contribution < 1.29 is 4.74 Å². The summed E-state index contributed by atoms with van der Waals surface area (Å²) in [4.78, 5) is 2.59. The number of nitrogens with two attached hydrogens (primary N) is 1.